The lowest BCUT2D eigenvalue weighted by Gasteiger charge is -2.33. The van der Waals surface area contributed by atoms with E-state index in [1.807, 2.05) is 12.1 Å². The van der Waals surface area contributed by atoms with E-state index in [0.29, 0.717) is 11.3 Å². The number of rotatable bonds is 2. The van der Waals surface area contributed by atoms with Gasteiger partial charge in [-0.05, 0) is 35.7 Å². The molecule has 0 aliphatic carbocycles. The minimum atomic E-state index is -1.11. The van der Waals surface area contributed by atoms with Crippen LogP contribution in [0.25, 0.3) is 16.3 Å². The van der Waals surface area contributed by atoms with E-state index in [-0.39, 0.29) is 35.6 Å². The third kappa shape index (κ3) is 2.78. The van der Waals surface area contributed by atoms with E-state index in [1.165, 1.54) is 4.90 Å². The lowest BCUT2D eigenvalue weighted by Crippen LogP contribution is -2.37. The molecule has 0 saturated carbocycles. The summed E-state index contributed by atoms with van der Waals surface area (Å²) in [5.74, 6) is -2.53. The van der Waals surface area contributed by atoms with Gasteiger partial charge in [-0.25, -0.2) is 13.3 Å². The lowest BCUT2D eigenvalue weighted by atomic mass is 9.95. The molecule has 7 nitrogen and oxygen atoms in total. The number of H-pyrrole nitrogens is 1. The van der Waals surface area contributed by atoms with Gasteiger partial charge in [0.15, 0.2) is 17.3 Å². The van der Waals surface area contributed by atoms with Crippen molar-refractivity contribution in [1.29, 1.82) is 0 Å². The highest BCUT2D eigenvalue weighted by atomic mass is 19.2. The monoisotopic (exact) mass is 410 g/mol. The van der Waals surface area contributed by atoms with Gasteiger partial charge < -0.3 is 14.6 Å². The van der Waals surface area contributed by atoms with Crippen molar-refractivity contribution in [3.8, 4) is 0 Å². The number of carbonyl (C=O) groups is 1. The number of fused-ring (bicyclic) bond motifs is 4. The van der Waals surface area contributed by atoms with E-state index < -0.39 is 23.2 Å². The Balaban J connectivity index is 1.63. The maximum absolute atomic E-state index is 14.0. The van der Waals surface area contributed by atoms with E-state index in [2.05, 4.69) is 10.1 Å². The van der Waals surface area contributed by atoms with Gasteiger partial charge in [0, 0.05) is 24.5 Å². The fraction of sp³-hybridized carbons (Fsp3) is 0.190. The van der Waals surface area contributed by atoms with Crippen molar-refractivity contribution < 1.29 is 18.3 Å². The normalized spacial score (nSPS) is 16.0. The largest absolute Gasteiger partial charge is 0.373 e. The predicted octanol–water partition coefficient (Wildman–Crippen LogP) is 2.80. The summed E-state index contributed by atoms with van der Waals surface area (Å²) in [6.45, 7) is 0.245. The average molecular weight is 410 g/mol. The smallest absolute Gasteiger partial charge is 0.274 e. The summed E-state index contributed by atoms with van der Waals surface area (Å²) in [6.07, 6.45) is 1.74. The first kappa shape index (κ1) is 18.4. The second-order valence-electron chi connectivity index (χ2n) is 7.20. The van der Waals surface area contributed by atoms with Crippen molar-refractivity contribution >= 4 is 22.2 Å². The Morgan fingerprint density at radius 1 is 1.23 bits per heavy atom. The summed E-state index contributed by atoms with van der Waals surface area (Å²) in [5, 5.41) is 4.59. The minimum absolute atomic E-state index is 0.0214. The number of hydrogen-bond donors (Lipinski definition) is 1. The molecule has 0 saturated heterocycles. The van der Waals surface area contributed by atoms with Gasteiger partial charge >= 0.3 is 0 Å². The molecule has 9 heteroatoms. The van der Waals surface area contributed by atoms with Gasteiger partial charge in [0.25, 0.3) is 11.5 Å². The Hall–Kier alpha value is -3.59. The van der Waals surface area contributed by atoms with Gasteiger partial charge in [-0.1, -0.05) is 6.07 Å². The summed E-state index contributed by atoms with van der Waals surface area (Å²) in [4.78, 5) is 29.6. The molecule has 30 heavy (non-hydrogen) atoms. The van der Waals surface area contributed by atoms with Crippen LogP contribution in [-0.2, 0) is 11.3 Å². The zero-order valence-electron chi connectivity index (χ0n) is 15.9. The molecule has 5 rings (SSSR count). The third-order valence-corrected chi connectivity index (χ3v) is 5.42. The standard InChI is InChI=1S/C21H16F2N4O3/c1-26(21(29)16-6-11-4-2-3-5-27(11)25-16)18-10-30-9-17-19(18)12-7-14(22)15(23)8-13(12)20(28)24-17/h2-8,18H,9-10H2,1H3,(H,24,28). The molecule has 152 valence electrons. The Bertz CT molecular complexity index is 1350. The summed E-state index contributed by atoms with van der Waals surface area (Å²) in [6, 6.07) is 8.41. The van der Waals surface area contributed by atoms with Gasteiger partial charge in [-0.3, -0.25) is 9.59 Å². The maximum atomic E-state index is 14.0. The van der Waals surface area contributed by atoms with Crippen LogP contribution in [0.3, 0.4) is 0 Å². The van der Waals surface area contributed by atoms with Crippen molar-refractivity contribution in [1.82, 2.24) is 19.5 Å². The lowest BCUT2D eigenvalue weighted by molar-refractivity contribution is 0.0332. The van der Waals surface area contributed by atoms with Crippen molar-refractivity contribution in [2.45, 2.75) is 12.6 Å². The van der Waals surface area contributed by atoms with Crippen molar-refractivity contribution in [2.24, 2.45) is 0 Å². The molecule has 1 amide bonds. The molecule has 0 radical (unpaired) electrons. The van der Waals surface area contributed by atoms with E-state index in [9.17, 15) is 18.4 Å². The molecule has 0 fully saturated rings. The molecule has 1 N–H and O–H groups in total. The highest BCUT2D eigenvalue weighted by Crippen LogP contribution is 2.34. The number of nitrogens with one attached hydrogen (secondary N) is 1. The molecule has 1 unspecified atom stereocenters. The van der Waals surface area contributed by atoms with Crippen LogP contribution in [0.2, 0.25) is 0 Å². The van der Waals surface area contributed by atoms with Crippen molar-refractivity contribution in [3.63, 3.8) is 0 Å². The Morgan fingerprint density at radius 3 is 2.77 bits per heavy atom. The molecule has 4 heterocycles. The first-order chi connectivity index (χ1) is 14.4. The van der Waals surface area contributed by atoms with Crippen LogP contribution in [0, 0.1) is 11.6 Å². The van der Waals surface area contributed by atoms with Crippen LogP contribution in [0.1, 0.15) is 27.8 Å². The Morgan fingerprint density at radius 2 is 2.00 bits per heavy atom. The molecule has 0 spiro atoms. The van der Waals surface area contributed by atoms with Crippen LogP contribution in [0.15, 0.2) is 47.4 Å². The first-order valence-electron chi connectivity index (χ1n) is 9.27. The highest BCUT2D eigenvalue weighted by Gasteiger charge is 2.32. The van der Waals surface area contributed by atoms with Crippen LogP contribution < -0.4 is 5.56 Å². The topological polar surface area (TPSA) is 79.7 Å². The van der Waals surface area contributed by atoms with Crippen LogP contribution in [-0.4, -0.2) is 39.1 Å². The number of benzene rings is 1. The number of pyridine rings is 2. The molecular weight excluding hydrogens is 394 g/mol. The number of ether oxygens (including phenoxy) is 1. The van der Waals surface area contributed by atoms with Gasteiger partial charge in [0.1, 0.15) is 0 Å². The number of aromatic nitrogens is 3. The molecule has 1 atom stereocenters. The fourth-order valence-electron chi connectivity index (χ4n) is 3.91. The average Bonchev–Trinajstić information content (AvgIpc) is 3.18. The number of aromatic amines is 1. The third-order valence-electron chi connectivity index (χ3n) is 5.42. The number of nitrogens with zero attached hydrogens (tertiary/aromatic N) is 3. The van der Waals surface area contributed by atoms with E-state index in [4.69, 9.17) is 4.74 Å². The fourth-order valence-corrected chi connectivity index (χ4v) is 3.91. The molecule has 0 bridgehead atoms. The highest BCUT2D eigenvalue weighted by molar-refractivity contribution is 5.94. The van der Waals surface area contributed by atoms with Gasteiger partial charge in [-0.15, -0.1) is 0 Å². The zero-order valence-corrected chi connectivity index (χ0v) is 15.9. The zero-order chi connectivity index (χ0) is 21.0. The summed E-state index contributed by atoms with van der Waals surface area (Å²) >= 11 is 0. The van der Waals surface area contributed by atoms with Crippen molar-refractivity contribution in [3.05, 3.63) is 81.5 Å². The number of hydrogen-bond acceptors (Lipinski definition) is 4. The van der Waals surface area contributed by atoms with Crippen LogP contribution in [0.5, 0.6) is 0 Å². The molecule has 4 aromatic rings. The second kappa shape index (κ2) is 6.74. The van der Waals surface area contributed by atoms with Gasteiger partial charge in [0.2, 0.25) is 0 Å². The number of likely N-dealkylation sites (N-methyl/N-ethyl adjacent to an activating group) is 1. The molecule has 1 aliphatic rings. The first-order valence-corrected chi connectivity index (χ1v) is 9.27. The molecular formula is C21H16F2N4O3. The SMILES string of the molecule is CN(C(=O)c1cc2ccccn2n1)C1COCc2[nH]c(=O)c3cc(F)c(F)cc3c21. The Labute approximate surface area is 168 Å². The minimum Gasteiger partial charge on any atom is -0.373 e. The molecule has 1 aromatic carbocycles. The van der Waals surface area contributed by atoms with E-state index >= 15 is 0 Å². The van der Waals surface area contributed by atoms with Crippen LogP contribution >= 0.6 is 0 Å². The summed E-state index contributed by atoms with van der Waals surface area (Å²) in [7, 11) is 1.59. The number of amides is 1. The molecule has 3 aromatic heterocycles. The van der Waals surface area contributed by atoms with Crippen LogP contribution in [0.4, 0.5) is 8.78 Å². The predicted molar refractivity (Wildman–Crippen MR) is 104 cm³/mol. The van der Waals surface area contributed by atoms with E-state index in [0.717, 1.165) is 17.6 Å². The summed E-state index contributed by atoms with van der Waals surface area (Å²) in [5.41, 5.74) is 1.43. The maximum Gasteiger partial charge on any atom is 0.274 e. The van der Waals surface area contributed by atoms with E-state index in [1.54, 1.807) is 29.9 Å². The molecule has 1 aliphatic heterocycles. The van der Waals surface area contributed by atoms with Gasteiger partial charge in [0.05, 0.1) is 30.2 Å². The summed E-state index contributed by atoms with van der Waals surface area (Å²) < 4.78 is 34.9. The second-order valence-corrected chi connectivity index (χ2v) is 7.20. The number of carbonyl (C=O) groups excluding carboxylic acids is 1. The Kier molecular flexibility index (Phi) is 4.14. The van der Waals surface area contributed by atoms with Gasteiger partial charge in [-0.2, -0.15) is 5.10 Å². The quantitative estimate of drug-likeness (QED) is 0.551. The number of halogens is 2. The van der Waals surface area contributed by atoms with Crippen molar-refractivity contribution in [2.75, 3.05) is 13.7 Å².